The molecule has 2 aromatic rings. The van der Waals surface area contributed by atoms with Crippen LogP contribution in [0.1, 0.15) is 12.6 Å². The molecule has 15 heteroatoms. The second kappa shape index (κ2) is 9.05. The first-order valence-electron chi connectivity index (χ1n) is 8.62. The highest BCUT2D eigenvalue weighted by Crippen LogP contribution is 2.34. The first-order valence-corrected chi connectivity index (χ1v) is 11.1. The van der Waals surface area contributed by atoms with Crippen molar-refractivity contribution < 1.29 is 32.5 Å². The fraction of sp³-hybridized carbons (Fsp3) is 0.643. The summed E-state index contributed by atoms with van der Waals surface area (Å²) in [5.74, 6) is 0.901. The Labute approximate surface area is 170 Å². The van der Waals surface area contributed by atoms with Crippen LogP contribution in [0.4, 0.5) is 5.82 Å². The molecule has 0 aliphatic carbocycles. The van der Waals surface area contributed by atoms with Gasteiger partial charge in [-0.1, -0.05) is 0 Å². The van der Waals surface area contributed by atoms with Gasteiger partial charge in [0.15, 0.2) is 17.7 Å². The summed E-state index contributed by atoms with van der Waals surface area (Å²) < 4.78 is 39.1. The van der Waals surface area contributed by atoms with Crippen LogP contribution in [0.3, 0.4) is 0 Å². The SMILES string of the molecule is Nc1ncnc2c1ncn2[C@@H]1O[C@H](CSC2CCNC2)[C@@H](O)[C@H]1O.O=S(=O)(O)O. The molecule has 0 aromatic carbocycles. The summed E-state index contributed by atoms with van der Waals surface area (Å²) in [7, 11) is -4.67. The van der Waals surface area contributed by atoms with E-state index < -0.39 is 34.9 Å². The maximum absolute atomic E-state index is 10.4. The quantitative estimate of drug-likeness (QED) is 0.293. The molecule has 162 valence electrons. The summed E-state index contributed by atoms with van der Waals surface area (Å²) in [6.07, 6.45) is 0.779. The molecule has 2 aliphatic heterocycles. The molecule has 7 N–H and O–H groups in total. The average Bonchev–Trinajstić information content (AvgIpc) is 3.34. The molecule has 29 heavy (non-hydrogen) atoms. The van der Waals surface area contributed by atoms with Crippen LogP contribution in [0.5, 0.6) is 0 Å². The molecule has 1 unspecified atom stereocenters. The van der Waals surface area contributed by atoms with E-state index in [1.807, 2.05) is 0 Å². The van der Waals surface area contributed by atoms with Gasteiger partial charge in [-0.2, -0.15) is 20.2 Å². The van der Waals surface area contributed by atoms with Crippen LogP contribution in [-0.4, -0.2) is 89.7 Å². The number of rotatable bonds is 4. The Balaban J connectivity index is 0.000000431. The highest BCUT2D eigenvalue weighted by Gasteiger charge is 2.44. The maximum Gasteiger partial charge on any atom is 0.394 e. The van der Waals surface area contributed by atoms with Crippen LogP contribution in [0, 0.1) is 0 Å². The second-order valence-corrected chi connectivity index (χ2v) is 8.75. The lowest BCUT2D eigenvalue weighted by Crippen LogP contribution is -2.33. The van der Waals surface area contributed by atoms with Gasteiger partial charge in [-0.3, -0.25) is 13.7 Å². The number of hydrogen-bond acceptors (Lipinski definition) is 11. The van der Waals surface area contributed by atoms with Crippen LogP contribution in [0.2, 0.25) is 0 Å². The number of nitrogen functional groups attached to an aromatic ring is 1. The van der Waals surface area contributed by atoms with E-state index >= 15 is 0 Å². The standard InChI is InChI=1S/C14H20N6O3S.H2O4S/c15-12-9-13(18-5-17-12)20(6-19-9)14-11(22)10(21)8(23-14)4-24-7-1-2-16-3-7;1-5(2,3)4/h5-8,10-11,14,16,21-22H,1-4H2,(H2,15,17,18);(H2,1,2,3,4)/t7?,8-,10-,11-,14-;/m1./s1. The van der Waals surface area contributed by atoms with Gasteiger partial charge in [-0.05, 0) is 13.0 Å². The van der Waals surface area contributed by atoms with E-state index in [4.69, 9.17) is 28.0 Å². The zero-order valence-electron chi connectivity index (χ0n) is 15.1. The van der Waals surface area contributed by atoms with Gasteiger partial charge in [-0.15, -0.1) is 0 Å². The molecular formula is C14H22N6O7S2. The molecule has 0 spiro atoms. The molecule has 2 aliphatic rings. The number of anilines is 1. The largest absolute Gasteiger partial charge is 0.394 e. The summed E-state index contributed by atoms with van der Waals surface area (Å²) in [5.41, 5.74) is 6.72. The fourth-order valence-electron chi connectivity index (χ4n) is 3.15. The summed E-state index contributed by atoms with van der Waals surface area (Å²) in [6.45, 7) is 2.00. The molecule has 5 atom stereocenters. The number of aliphatic hydroxyl groups is 2. The van der Waals surface area contributed by atoms with Gasteiger partial charge in [0.25, 0.3) is 0 Å². The number of nitrogens with zero attached hydrogens (tertiary/aromatic N) is 4. The Bertz CT molecular complexity index is 928. The number of ether oxygens (including phenoxy) is 1. The molecule has 0 radical (unpaired) electrons. The minimum atomic E-state index is -4.67. The Hall–Kier alpha value is -1.59. The first kappa shape index (κ1) is 22.1. The zero-order chi connectivity index (χ0) is 21.2. The molecule has 0 saturated carbocycles. The van der Waals surface area contributed by atoms with Gasteiger partial charge in [0.05, 0.1) is 12.4 Å². The van der Waals surface area contributed by atoms with E-state index in [9.17, 15) is 10.2 Å². The maximum atomic E-state index is 10.4. The highest BCUT2D eigenvalue weighted by molar-refractivity contribution is 8.00. The van der Waals surface area contributed by atoms with Crippen molar-refractivity contribution in [1.29, 1.82) is 0 Å². The number of fused-ring (bicyclic) bond motifs is 1. The third-order valence-corrected chi connectivity index (χ3v) is 5.90. The minimum Gasteiger partial charge on any atom is -0.387 e. The van der Waals surface area contributed by atoms with Gasteiger partial charge in [0.2, 0.25) is 0 Å². The van der Waals surface area contributed by atoms with Crippen molar-refractivity contribution in [2.75, 3.05) is 24.6 Å². The van der Waals surface area contributed by atoms with Crippen molar-refractivity contribution in [3.63, 3.8) is 0 Å². The fourth-order valence-corrected chi connectivity index (χ4v) is 4.41. The predicted molar refractivity (Wildman–Crippen MR) is 104 cm³/mol. The van der Waals surface area contributed by atoms with Gasteiger partial charge in [0, 0.05) is 17.5 Å². The lowest BCUT2D eigenvalue weighted by molar-refractivity contribution is -0.0289. The Morgan fingerprint density at radius 3 is 2.66 bits per heavy atom. The number of aromatic nitrogens is 4. The predicted octanol–water partition coefficient (Wildman–Crippen LogP) is -1.53. The number of nitrogens with two attached hydrogens (primary N) is 1. The normalized spacial score (nSPS) is 29.7. The minimum absolute atomic E-state index is 0.271. The molecule has 4 rings (SSSR count). The van der Waals surface area contributed by atoms with Crippen molar-refractivity contribution in [2.45, 2.75) is 36.2 Å². The molecular weight excluding hydrogens is 428 g/mol. The molecule has 2 aromatic heterocycles. The molecule has 0 bridgehead atoms. The number of nitrogens with one attached hydrogen (secondary N) is 1. The van der Waals surface area contributed by atoms with Crippen molar-refractivity contribution in [1.82, 2.24) is 24.8 Å². The monoisotopic (exact) mass is 450 g/mol. The molecule has 2 saturated heterocycles. The summed E-state index contributed by atoms with van der Waals surface area (Å²) >= 11 is 1.76. The van der Waals surface area contributed by atoms with Crippen LogP contribution in [0.15, 0.2) is 12.7 Å². The van der Waals surface area contributed by atoms with Crippen molar-refractivity contribution in [3.05, 3.63) is 12.7 Å². The lowest BCUT2D eigenvalue weighted by Gasteiger charge is -2.17. The number of imidazole rings is 1. The summed E-state index contributed by atoms with van der Waals surface area (Å²) in [6, 6.07) is 0. The zero-order valence-corrected chi connectivity index (χ0v) is 16.7. The highest BCUT2D eigenvalue weighted by atomic mass is 32.3. The van der Waals surface area contributed by atoms with Crippen molar-refractivity contribution in [3.8, 4) is 0 Å². The Morgan fingerprint density at radius 1 is 1.28 bits per heavy atom. The number of thioether (sulfide) groups is 1. The van der Waals surface area contributed by atoms with E-state index in [1.54, 1.807) is 16.3 Å². The third-order valence-electron chi connectivity index (χ3n) is 4.51. The summed E-state index contributed by atoms with van der Waals surface area (Å²) in [4.78, 5) is 12.2. The lowest BCUT2D eigenvalue weighted by atomic mass is 10.1. The molecule has 13 nitrogen and oxygen atoms in total. The number of aliphatic hydroxyl groups excluding tert-OH is 2. The first-order chi connectivity index (χ1) is 13.6. The molecule has 4 heterocycles. The van der Waals surface area contributed by atoms with E-state index in [0.717, 1.165) is 19.5 Å². The topological polar surface area (TPSA) is 206 Å². The van der Waals surface area contributed by atoms with Crippen LogP contribution in [-0.2, 0) is 15.1 Å². The summed E-state index contributed by atoms with van der Waals surface area (Å²) in [5, 5.41) is 24.6. The third kappa shape index (κ3) is 5.52. The van der Waals surface area contributed by atoms with Gasteiger partial charge >= 0.3 is 10.4 Å². The van der Waals surface area contributed by atoms with E-state index in [-0.39, 0.29) is 5.82 Å². The van der Waals surface area contributed by atoms with Crippen LogP contribution in [0.25, 0.3) is 11.2 Å². The Kier molecular flexibility index (Phi) is 6.90. The van der Waals surface area contributed by atoms with E-state index in [1.165, 1.54) is 12.7 Å². The second-order valence-electron chi connectivity index (χ2n) is 6.53. The average molecular weight is 450 g/mol. The van der Waals surface area contributed by atoms with E-state index in [2.05, 4.69) is 20.3 Å². The van der Waals surface area contributed by atoms with E-state index in [0.29, 0.717) is 22.2 Å². The van der Waals surface area contributed by atoms with Crippen LogP contribution >= 0.6 is 11.8 Å². The Morgan fingerprint density at radius 2 is 2.00 bits per heavy atom. The van der Waals surface area contributed by atoms with Crippen LogP contribution < -0.4 is 11.1 Å². The van der Waals surface area contributed by atoms with Gasteiger partial charge in [-0.25, -0.2) is 15.0 Å². The smallest absolute Gasteiger partial charge is 0.387 e. The molecule has 0 amide bonds. The molecule has 2 fully saturated rings. The number of hydrogen-bond donors (Lipinski definition) is 6. The van der Waals surface area contributed by atoms with Crippen molar-refractivity contribution in [2.24, 2.45) is 0 Å². The van der Waals surface area contributed by atoms with Crippen molar-refractivity contribution >= 4 is 39.1 Å². The van der Waals surface area contributed by atoms with Gasteiger partial charge in [0.1, 0.15) is 24.1 Å². The van der Waals surface area contributed by atoms with Gasteiger partial charge < -0.3 is 26.0 Å².